The van der Waals surface area contributed by atoms with E-state index in [2.05, 4.69) is 29.1 Å². The minimum atomic E-state index is -0.853. The molecule has 0 amide bonds. The highest BCUT2D eigenvalue weighted by molar-refractivity contribution is 6.33. The van der Waals surface area contributed by atoms with E-state index in [9.17, 15) is 14.3 Å². The molecule has 43 heavy (non-hydrogen) atoms. The van der Waals surface area contributed by atoms with Gasteiger partial charge in [0.1, 0.15) is 41.3 Å². The highest BCUT2D eigenvalue weighted by Crippen LogP contribution is 2.46. The molecule has 0 radical (unpaired) electrons. The molecule has 0 aliphatic heterocycles. The summed E-state index contributed by atoms with van der Waals surface area (Å²) in [6.45, 7) is 6.42. The number of nitrogens with one attached hydrogen (secondary N) is 1. The van der Waals surface area contributed by atoms with Gasteiger partial charge in [-0.1, -0.05) is 49.7 Å². The van der Waals surface area contributed by atoms with Gasteiger partial charge < -0.3 is 24.3 Å². The van der Waals surface area contributed by atoms with E-state index < -0.39 is 17.8 Å². The first-order valence-electron chi connectivity index (χ1n) is 13.7. The number of methoxy groups -OCH3 is 1. The number of phenolic OH excluding ortho intramolecular Hbond substituents is 1. The number of hydrogen-bond donors (Lipinski definition) is 2. The number of carbonyl (C=O) groups excluding carboxylic acids is 1. The Balaban J connectivity index is 1.65. The Morgan fingerprint density at radius 2 is 1.84 bits per heavy atom. The summed E-state index contributed by atoms with van der Waals surface area (Å²) in [7, 11) is 1.32. The smallest absolute Gasteiger partial charge is 0.328 e. The van der Waals surface area contributed by atoms with Gasteiger partial charge in [0.05, 0.1) is 24.1 Å². The molecule has 0 spiro atoms. The Morgan fingerprint density at radius 3 is 2.56 bits per heavy atom. The number of para-hydroxylation sites is 1. The Morgan fingerprint density at radius 1 is 1.09 bits per heavy atom. The molecule has 5 aromatic rings. The van der Waals surface area contributed by atoms with Crippen LogP contribution in [0, 0.1) is 18.7 Å². The van der Waals surface area contributed by atoms with Crippen molar-refractivity contribution in [2.45, 2.75) is 33.2 Å². The average molecular weight is 604 g/mol. The molecule has 2 N–H and O–H groups in total. The summed E-state index contributed by atoms with van der Waals surface area (Å²) in [5.41, 5.74) is 3.43. The number of aromatic nitrogens is 2. The van der Waals surface area contributed by atoms with Crippen molar-refractivity contribution in [3.8, 4) is 33.9 Å². The van der Waals surface area contributed by atoms with Gasteiger partial charge in [0, 0.05) is 17.5 Å². The van der Waals surface area contributed by atoms with Crippen molar-refractivity contribution in [1.29, 1.82) is 0 Å². The zero-order valence-electron chi connectivity index (χ0n) is 24.2. The van der Waals surface area contributed by atoms with Crippen LogP contribution >= 0.6 is 11.6 Å². The Bertz CT molecular complexity index is 1770. The third-order valence-electron chi connectivity index (χ3n) is 7.00. The fraction of sp³-hybridized carbons (Fsp3) is 0.242. The Hall–Kier alpha value is -4.63. The van der Waals surface area contributed by atoms with Gasteiger partial charge in [-0.15, -0.1) is 0 Å². The zero-order chi connectivity index (χ0) is 30.7. The molecule has 0 bridgehead atoms. The number of phenols is 1. The van der Waals surface area contributed by atoms with Crippen LogP contribution < -0.4 is 10.1 Å². The maximum atomic E-state index is 13.8. The molecule has 2 aromatic heterocycles. The molecule has 0 aliphatic rings. The predicted octanol–water partition coefficient (Wildman–Crippen LogP) is 7.59. The first kappa shape index (κ1) is 29.8. The normalized spacial score (nSPS) is 12.0. The molecule has 0 fully saturated rings. The molecule has 0 aliphatic carbocycles. The van der Waals surface area contributed by atoms with E-state index in [1.165, 1.54) is 31.6 Å². The van der Waals surface area contributed by atoms with Crippen molar-refractivity contribution in [3.63, 3.8) is 0 Å². The van der Waals surface area contributed by atoms with Gasteiger partial charge in [-0.25, -0.2) is 19.2 Å². The number of hydrogen-bond acceptors (Lipinski definition) is 8. The lowest BCUT2D eigenvalue weighted by atomic mass is 9.95. The number of furan rings is 1. The minimum Gasteiger partial charge on any atom is -0.506 e. The molecular weight excluding hydrogens is 573 g/mol. The predicted molar refractivity (Wildman–Crippen MR) is 164 cm³/mol. The van der Waals surface area contributed by atoms with Crippen molar-refractivity contribution in [2.24, 2.45) is 5.92 Å². The second kappa shape index (κ2) is 12.7. The largest absolute Gasteiger partial charge is 0.506 e. The fourth-order valence-electron chi connectivity index (χ4n) is 4.84. The number of esters is 1. The number of ether oxygens (including phenoxy) is 2. The molecule has 10 heteroatoms. The number of rotatable bonds is 10. The minimum absolute atomic E-state index is 0.0715. The van der Waals surface area contributed by atoms with E-state index in [0.29, 0.717) is 57.5 Å². The summed E-state index contributed by atoms with van der Waals surface area (Å²) in [6, 6.07) is 15.7. The van der Waals surface area contributed by atoms with E-state index in [1.54, 1.807) is 25.1 Å². The second-order valence-corrected chi connectivity index (χ2v) is 10.9. The summed E-state index contributed by atoms with van der Waals surface area (Å²) in [5, 5.41) is 14.2. The van der Waals surface area contributed by atoms with Crippen molar-refractivity contribution >= 4 is 34.5 Å². The van der Waals surface area contributed by atoms with E-state index in [0.717, 1.165) is 5.56 Å². The van der Waals surface area contributed by atoms with E-state index in [1.807, 2.05) is 24.3 Å². The Labute approximate surface area is 253 Å². The molecule has 8 nitrogen and oxygen atoms in total. The maximum absolute atomic E-state index is 13.8. The quantitative estimate of drug-likeness (QED) is 0.157. The molecule has 2 heterocycles. The second-order valence-electron chi connectivity index (χ2n) is 10.5. The topological polar surface area (TPSA) is 107 Å². The van der Waals surface area contributed by atoms with Crippen LogP contribution in [0.5, 0.6) is 11.5 Å². The van der Waals surface area contributed by atoms with Gasteiger partial charge in [-0.05, 0) is 65.9 Å². The van der Waals surface area contributed by atoms with Crippen LogP contribution in [0.1, 0.15) is 25.0 Å². The van der Waals surface area contributed by atoms with Crippen molar-refractivity contribution < 1.29 is 28.2 Å². The fourth-order valence-corrected chi connectivity index (χ4v) is 5.00. The molecule has 0 saturated carbocycles. The van der Waals surface area contributed by atoms with Crippen LogP contribution in [0.3, 0.4) is 0 Å². The van der Waals surface area contributed by atoms with E-state index in [-0.39, 0.29) is 22.9 Å². The summed E-state index contributed by atoms with van der Waals surface area (Å²) in [4.78, 5) is 22.0. The molecule has 5 rings (SSSR count). The van der Waals surface area contributed by atoms with Crippen molar-refractivity contribution in [1.82, 2.24) is 9.97 Å². The third kappa shape index (κ3) is 6.27. The van der Waals surface area contributed by atoms with Crippen molar-refractivity contribution in [2.75, 3.05) is 19.0 Å². The molecule has 222 valence electrons. The van der Waals surface area contributed by atoms with E-state index >= 15 is 0 Å². The van der Waals surface area contributed by atoms with Crippen LogP contribution in [-0.4, -0.2) is 40.8 Å². The van der Waals surface area contributed by atoms with E-state index in [4.69, 9.17) is 25.5 Å². The monoisotopic (exact) mass is 603 g/mol. The first-order chi connectivity index (χ1) is 20.7. The van der Waals surface area contributed by atoms with Crippen LogP contribution in [0.2, 0.25) is 5.02 Å². The highest BCUT2D eigenvalue weighted by Gasteiger charge is 2.28. The van der Waals surface area contributed by atoms with Gasteiger partial charge in [-0.2, -0.15) is 0 Å². The summed E-state index contributed by atoms with van der Waals surface area (Å²) < 4.78 is 31.3. The summed E-state index contributed by atoms with van der Waals surface area (Å²) in [6.07, 6.45) is 1.57. The molecular formula is C33H31ClFN3O5. The number of halogens is 2. The number of anilines is 1. The van der Waals surface area contributed by atoms with Crippen LogP contribution in [0.25, 0.3) is 33.6 Å². The zero-order valence-corrected chi connectivity index (χ0v) is 24.9. The van der Waals surface area contributed by atoms with Gasteiger partial charge >= 0.3 is 5.97 Å². The number of benzene rings is 3. The van der Waals surface area contributed by atoms with Crippen LogP contribution in [-0.2, 0) is 16.0 Å². The van der Waals surface area contributed by atoms with Crippen molar-refractivity contribution in [3.05, 3.63) is 89.0 Å². The van der Waals surface area contributed by atoms with Gasteiger partial charge in [0.15, 0.2) is 0 Å². The number of aromatic hydroxyl groups is 1. The average Bonchev–Trinajstić information content (AvgIpc) is 3.39. The number of carbonyl (C=O) groups is 1. The maximum Gasteiger partial charge on any atom is 0.328 e. The van der Waals surface area contributed by atoms with Crippen LogP contribution in [0.4, 0.5) is 10.2 Å². The third-order valence-corrected chi connectivity index (χ3v) is 7.47. The SMILES string of the molecule is COC(=O)C(Cc1ccccc1OCC(C)C)Nc1ncnc2oc(-c3ccc(F)cc3)c(-c3ccc(O)c(Cl)c3C)c12. The number of fused-ring (bicyclic) bond motifs is 1. The van der Waals surface area contributed by atoms with Gasteiger partial charge in [0.25, 0.3) is 0 Å². The molecule has 1 unspecified atom stereocenters. The Kier molecular flexibility index (Phi) is 8.82. The van der Waals surface area contributed by atoms with Crippen LogP contribution in [0.15, 0.2) is 71.4 Å². The van der Waals surface area contributed by atoms with Gasteiger partial charge in [0.2, 0.25) is 5.71 Å². The summed E-state index contributed by atoms with van der Waals surface area (Å²) in [5.74, 6) is 0.740. The number of nitrogens with zero attached hydrogens (tertiary/aromatic N) is 2. The lowest BCUT2D eigenvalue weighted by Crippen LogP contribution is -2.33. The first-order valence-corrected chi connectivity index (χ1v) is 14.1. The van der Waals surface area contributed by atoms with Gasteiger partial charge in [-0.3, -0.25) is 0 Å². The highest BCUT2D eigenvalue weighted by atomic mass is 35.5. The molecule has 3 aromatic carbocycles. The molecule has 0 saturated heterocycles. The lowest BCUT2D eigenvalue weighted by molar-refractivity contribution is -0.141. The molecule has 1 atom stereocenters. The summed E-state index contributed by atoms with van der Waals surface area (Å²) >= 11 is 6.45. The standard InChI is InChI=1S/C33H31ClFN3O5/c1-18(2)16-42-26-8-6-5-7-21(26)15-24(33(40)41-4)38-31-28-27(23-13-14-25(39)29(34)19(23)3)30(43-32(28)37-17-36-31)20-9-11-22(35)12-10-20/h5-14,17-18,24,39H,15-16H2,1-4H3,(H,36,37,38). The lowest BCUT2D eigenvalue weighted by Gasteiger charge is -2.20.